The quantitative estimate of drug-likeness (QED) is 0.618. The van der Waals surface area contributed by atoms with Gasteiger partial charge in [0.15, 0.2) is 0 Å². The number of rotatable bonds is 5. The van der Waals surface area contributed by atoms with E-state index in [-0.39, 0.29) is 18.0 Å². The van der Waals surface area contributed by atoms with E-state index < -0.39 is 0 Å². The molecular weight excluding hydrogens is 382 g/mol. The Bertz CT molecular complexity index is 1060. The molecule has 3 aromatic rings. The summed E-state index contributed by atoms with van der Waals surface area (Å²) in [4.78, 5) is 34.4. The van der Waals surface area contributed by atoms with Gasteiger partial charge in [0.05, 0.1) is 11.7 Å². The molecule has 2 heterocycles. The van der Waals surface area contributed by atoms with Crippen molar-refractivity contribution in [2.75, 3.05) is 6.54 Å². The first-order valence-electron chi connectivity index (χ1n) is 10.4. The van der Waals surface area contributed by atoms with Gasteiger partial charge in [-0.3, -0.25) is 14.2 Å². The lowest BCUT2D eigenvalue weighted by Crippen LogP contribution is -2.44. The van der Waals surface area contributed by atoms with Crippen molar-refractivity contribution in [1.82, 2.24) is 14.5 Å². The van der Waals surface area contributed by atoms with Crippen LogP contribution in [0.1, 0.15) is 44.6 Å². The Morgan fingerprint density at radius 2 is 1.93 bits per heavy atom. The van der Waals surface area contributed by atoms with Gasteiger partial charge in [-0.05, 0) is 37.8 Å². The molecule has 0 aliphatic heterocycles. The minimum atomic E-state index is -0.126. The van der Waals surface area contributed by atoms with E-state index in [1.54, 1.807) is 0 Å². The fraction of sp³-hybridized carbons (Fsp3) is 0.435. The Kier molecular flexibility index (Phi) is 5.81. The molecule has 1 fully saturated rings. The average molecular weight is 410 g/mol. The number of fused-ring (bicyclic) bond motifs is 1. The summed E-state index contributed by atoms with van der Waals surface area (Å²) in [7, 11) is 0. The van der Waals surface area contributed by atoms with Crippen molar-refractivity contribution < 1.29 is 4.79 Å². The van der Waals surface area contributed by atoms with Crippen LogP contribution < -0.4 is 5.56 Å². The summed E-state index contributed by atoms with van der Waals surface area (Å²) in [5.74, 6) is 0.0128. The van der Waals surface area contributed by atoms with E-state index in [2.05, 4.69) is 4.98 Å². The third-order valence-electron chi connectivity index (χ3n) is 5.94. The van der Waals surface area contributed by atoms with Gasteiger partial charge in [-0.2, -0.15) is 0 Å². The van der Waals surface area contributed by atoms with E-state index in [9.17, 15) is 9.59 Å². The molecule has 2 aromatic heterocycles. The molecule has 0 atom stereocenters. The van der Waals surface area contributed by atoms with Gasteiger partial charge >= 0.3 is 0 Å². The minimum absolute atomic E-state index is 0.0128. The van der Waals surface area contributed by atoms with Crippen molar-refractivity contribution in [2.24, 2.45) is 0 Å². The van der Waals surface area contributed by atoms with Crippen LogP contribution in [-0.4, -0.2) is 32.9 Å². The maximum absolute atomic E-state index is 13.2. The zero-order chi connectivity index (χ0) is 20.4. The highest BCUT2D eigenvalue weighted by Crippen LogP contribution is 2.35. The molecule has 152 valence electrons. The number of likely N-dealkylation sites (N-methyl/N-ethyl adjacent to an activating group) is 1. The Labute approximate surface area is 175 Å². The number of aryl methyl sites for hydroxylation is 1. The third kappa shape index (κ3) is 3.86. The fourth-order valence-corrected chi connectivity index (χ4v) is 5.55. The van der Waals surface area contributed by atoms with Crippen LogP contribution in [0, 0.1) is 6.92 Å². The maximum atomic E-state index is 13.2. The van der Waals surface area contributed by atoms with Gasteiger partial charge < -0.3 is 4.90 Å². The lowest BCUT2D eigenvalue weighted by atomic mass is 9.94. The van der Waals surface area contributed by atoms with E-state index >= 15 is 0 Å². The molecule has 0 spiro atoms. The number of thiophene rings is 1. The topological polar surface area (TPSA) is 55.2 Å². The van der Waals surface area contributed by atoms with Crippen molar-refractivity contribution >= 4 is 27.5 Å². The van der Waals surface area contributed by atoms with E-state index in [1.807, 2.05) is 49.1 Å². The first kappa shape index (κ1) is 19.8. The molecular formula is C23H27N3O2S. The van der Waals surface area contributed by atoms with Gasteiger partial charge in [-0.25, -0.2) is 4.98 Å². The Hall–Kier alpha value is -2.47. The third-order valence-corrected chi connectivity index (χ3v) is 7.18. The van der Waals surface area contributed by atoms with Crippen LogP contribution >= 0.6 is 11.3 Å². The molecule has 1 aliphatic carbocycles. The van der Waals surface area contributed by atoms with E-state index in [0.717, 1.165) is 33.7 Å². The van der Waals surface area contributed by atoms with Crippen LogP contribution in [-0.2, 0) is 11.3 Å². The smallest absolute Gasteiger partial charge is 0.262 e. The second-order valence-corrected chi connectivity index (χ2v) is 8.75. The summed E-state index contributed by atoms with van der Waals surface area (Å²) >= 11 is 1.53. The lowest BCUT2D eigenvalue weighted by molar-refractivity contribution is -0.134. The van der Waals surface area contributed by atoms with E-state index in [1.165, 1.54) is 41.5 Å². The van der Waals surface area contributed by atoms with Crippen LogP contribution in [0.15, 0.2) is 41.5 Å². The van der Waals surface area contributed by atoms with Crippen molar-refractivity contribution in [3.8, 4) is 10.4 Å². The largest absolute Gasteiger partial charge is 0.338 e. The Morgan fingerprint density at radius 1 is 1.21 bits per heavy atom. The molecule has 0 saturated heterocycles. The van der Waals surface area contributed by atoms with Crippen LogP contribution in [0.5, 0.6) is 0 Å². The molecule has 1 saturated carbocycles. The summed E-state index contributed by atoms with van der Waals surface area (Å²) in [6, 6.07) is 10.4. The van der Waals surface area contributed by atoms with Crippen LogP contribution in [0.25, 0.3) is 20.7 Å². The van der Waals surface area contributed by atoms with Crippen LogP contribution in [0.3, 0.4) is 0 Å². The number of carbonyl (C=O) groups is 1. The van der Waals surface area contributed by atoms with Gasteiger partial charge in [-0.15, -0.1) is 11.3 Å². The van der Waals surface area contributed by atoms with Crippen molar-refractivity contribution in [3.05, 3.63) is 52.6 Å². The number of hydrogen-bond donors (Lipinski definition) is 0. The Morgan fingerprint density at radius 3 is 2.62 bits per heavy atom. The summed E-state index contributed by atoms with van der Waals surface area (Å²) in [5.41, 5.74) is 1.90. The molecule has 1 aliphatic rings. The van der Waals surface area contributed by atoms with Gasteiger partial charge in [-0.1, -0.05) is 49.6 Å². The number of aromatic nitrogens is 2. The standard InChI is InChI=1S/C23H27N3O2S/c1-3-26(18-12-8-5-9-13-18)19(27)14-25-15-24-22-20(23(25)28)16(2)21(29-22)17-10-6-4-7-11-17/h4,6-7,10-11,15,18H,3,5,8-9,12-14H2,1-2H3. The predicted molar refractivity (Wildman–Crippen MR) is 118 cm³/mol. The molecule has 0 bridgehead atoms. The Balaban J connectivity index is 1.64. The highest BCUT2D eigenvalue weighted by Gasteiger charge is 2.25. The van der Waals surface area contributed by atoms with Gasteiger partial charge in [0.25, 0.3) is 5.56 Å². The van der Waals surface area contributed by atoms with Crippen LogP contribution in [0.2, 0.25) is 0 Å². The molecule has 29 heavy (non-hydrogen) atoms. The fourth-order valence-electron chi connectivity index (χ4n) is 4.40. The number of benzene rings is 1. The summed E-state index contributed by atoms with van der Waals surface area (Å²) in [6.07, 6.45) is 7.27. The number of amides is 1. The predicted octanol–water partition coefficient (Wildman–Crippen LogP) is 4.61. The van der Waals surface area contributed by atoms with Crippen molar-refractivity contribution in [1.29, 1.82) is 0 Å². The summed E-state index contributed by atoms with van der Waals surface area (Å²) in [6.45, 7) is 4.73. The zero-order valence-corrected chi connectivity index (χ0v) is 17.9. The number of carbonyl (C=O) groups excluding carboxylic acids is 1. The number of hydrogen-bond acceptors (Lipinski definition) is 4. The number of nitrogens with zero attached hydrogens (tertiary/aromatic N) is 3. The maximum Gasteiger partial charge on any atom is 0.262 e. The molecule has 5 nitrogen and oxygen atoms in total. The van der Waals surface area contributed by atoms with E-state index in [0.29, 0.717) is 18.0 Å². The molecule has 4 rings (SSSR count). The lowest BCUT2D eigenvalue weighted by Gasteiger charge is -2.33. The molecule has 1 aromatic carbocycles. The van der Waals surface area contributed by atoms with Gasteiger partial charge in [0.2, 0.25) is 5.91 Å². The second-order valence-electron chi connectivity index (χ2n) is 7.75. The average Bonchev–Trinajstić information content (AvgIpc) is 3.09. The van der Waals surface area contributed by atoms with Crippen molar-refractivity contribution in [3.63, 3.8) is 0 Å². The minimum Gasteiger partial charge on any atom is -0.338 e. The first-order valence-corrected chi connectivity index (χ1v) is 11.2. The molecule has 0 N–H and O–H groups in total. The van der Waals surface area contributed by atoms with E-state index in [4.69, 9.17) is 0 Å². The highest BCUT2D eigenvalue weighted by molar-refractivity contribution is 7.22. The van der Waals surface area contributed by atoms with Crippen molar-refractivity contribution in [2.45, 2.75) is 58.5 Å². The van der Waals surface area contributed by atoms with Gasteiger partial charge in [0, 0.05) is 17.5 Å². The molecule has 6 heteroatoms. The van der Waals surface area contributed by atoms with Crippen LogP contribution in [0.4, 0.5) is 0 Å². The molecule has 0 unspecified atom stereocenters. The monoisotopic (exact) mass is 409 g/mol. The first-order chi connectivity index (χ1) is 14.1. The summed E-state index contributed by atoms with van der Waals surface area (Å²) in [5, 5.41) is 0.630. The highest BCUT2D eigenvalue weighted by atomic mass is 32.1. The molecule has 1 amide bonds. The SMILES string of the molecule is CCN(C(=O)Cn1cnc2sc(-c3ccccc3)c(C)c2c1=O)C1CCCCC1. The van der Waals surface area contributed by atoms with Gasteiger partial charge in [0.1, 0.15) is 11.4 Å². The normalized spacial score (nSPS) is 15.0. The summed E-state index contributed by atoms with van der Waals surface area (Å²) < 4.78 is 1.48. The zero-order valence-electron chi connectivity index (χ0n) is 17.1. The second kappa shape index (κ2) is 8.49. The molecule has 0 radical (unpaired) electrons.